The number of carbonyl (C=O) groups is 2. The molecule has 1 atom stereocenters. The van der Waals surface area contributed by atoms with E-state index in [4.69, 9.17) is 4.74 Å². The second-order valence-electron chi connectivity index (χ2n) is 7.26. The molecule has 3 aromatic carbocycles. The summed E-state index contributed by atoms with van der Waals surface area (Å²) in [6.45, 7) is 4.10. The summed E-state index contributed by atoms with van der Waals surface area (Å²) in [5.74, 6) is -0.565. The monoisotopic (exact) mass is 445 g/mol. The van der Waals surface area contributed by atoms with Gasteiger partial charge in [0.1, 0.15) is 5.25 Å². The summed E-state index contributed by atoms with van der Waals surface area (Å²) in [4.78, 5) is 33.0. The second kappa shape index (κ2) is 9.70. The van der Waals surface area contributed by atoms with Crippen LogP contribution in [-0.4, -0.2) is 28.5 Å². The van der Waals surface area contributed by atoms with E-state index in [1.807, 2.05) is 55.5 Å². The van der Waals surface area contributed by atoms with E-state index in [2.05, 4.69) is 15.3 Å². The molecule has 0 radical (unpaired) electrons. The topological polar surface area (TPSA) is 84.1 Å². The van der Waals surface area contributed by atoms with Crippen LogP contribution in [-0.2, 0) is 9.53 Å². The van der Waals surface area contributed by atoms with Crippen LogP contribution in [0.5, 0.6) is 0 Å². The Morgan fingerprint density at radius 3 is 2.53 bits per heavy atom. The first-order chi connectivity index (χ1) is 15.5. The van der Waals surface area contributed by atoms with Crippen molar-refractivity contribution in [1.29, 1.82) is 0 Å². The zero-order chi connectivity index (χ0) is 22.5. The molecule has 32 heavy (non-hydrogen) atoms. The molecule has 6 nitrogen and oxygen atoms in total. The Morgan fingerprint density at radius 2 is 1.81 bits per heavy atom. The molecular weight excluding hydrogens is 422 g/mol. The highest BCUT2D eigenvalue weighted by molar-refractivity contribution is 8.00. The van der Waals surface area contributed by atoms with Crippen molar-refractivity contribution in [2.45, 2.75) is 24.3 Å². The van der Waals surface area contributed by atoms with Crippen LogP contribution in [0.15, 0.2) is 78.0 Å². The number of nitrogens with one attached hydrogen (secondary N) is 2. The molecule has 0 aliphatic rings. The van der Waals surface area contributed by atoms with E-state index >= 15 is 0 Å². The van der Waals surface area contributed by atoms with Crippen LogP contribution < -0.4 is 5.32 Å². The zero-order valence-corrected chi connectivity index (χ0v) is 18.6. The number of carbonyl (C=O) groups excluding carboxylic acids is 2. The third kappa shape index (κ3) is 5.00. The quantitative estimate of drug-likeness (QED) is 0.289. The third-order valence-corrected chi connectivity index (χ3v) is 5.99. The van der Waals surface area contributed by atoms with Crippen LogP contribution in [0.1, 0.15) is 33.7 Å². The van der Waals surface area contributed by atoms with Gasteiger partial charge in [-0.2, -0.15) is 0 Å². The predicted octanol–water partition coefficient (Wildman–Crippen LogP) is 5.52. The van der Waals surface area contributed by atoms with Crippen molar-refractivity contribution in [3.63, 3.8) is 0 Å². The van der Waals surface area contributed by atoms with E-state index in [0.29, 0.717) is 23.0 Å². The lowest BCUT2D eigenvalue weighted by molar-refractivity contribution is -0.115. The smallest absolute Gasteiger partial charge is 0.338 e. The summed E-state index contributed by atoms with van der Waals surface area (Å²) in [5, 5.41) is 3.11. The minimum absolute atomic E-state index is 0.179. The van der Waals surface area contributed by atoms with E-state index in [1.54, 1.807) is 31.2 Å². The largest absolute Gasteiger partial charge is 0.462 e. The van der Waals surface area contributed by atoms with Gasteiger partial charge in [0.2, 0.25) is 5.91 Å². The van der Waals surface area contributed by atoms with Crippen LogP contribution in [0.4, 0.5) is 5.69 Å². The molecule has 4 rings (SSSR count). The van der Waals surface area contributed by atoms with Crippen molar-refractivity contribution in [2.24, 2.45) is 0 Å². The summed E-state index contributed by atoms with van der Waals surface area (Å²) in [7, 11) is 0. The molecule has 0 fully saturated rings. The van der Waals surface area contributed by atoms with E-state index < -0.39 is 5.25 Å². The second-order valence-corrected chi connectivity index (χ2v) is 8.35. The Balaban J connectivity index is 1.56. The fourth-order valence-electron chi connectivity index (χ4n) is 3.28. The number of benzene rings is 3. The lowest BCUT2D eigenvalue weighted by atomic mass is 10.1. The number of anilines is 1. The van der Waals surface area contributed by atoms with Gasteiger partial charge in [-0.05, 0) is 61.4 Å². The van der Waals surface area contributed by atoms with Crippen molar-refractivity contribution in [2.75, 3.05) is 11.9 Å². The number of hydrogen-bond donors (Lipinski definition) is 2. The van der Waals surface area contributed by atoms with Crippen molar-refractivity contribution in [3.05, 3.63) is 89.5 Å². The average Bonchev–Trinajstić information content (AvgIpc) is 3.20. The number of aryl methyl sites for hydroxylation is 1. The molecule has 0 saturated heterocycles. The lowest BCUT2D eigenvalue weighted by Gasteiger charge is -2.16. The van der Waals surface area contributed by atoms with Crippen molar-refractivity contribution >= 4 is 40.4 Å². The van der Waals surface area contributed by atoms with Crippen LogP contribution >= 0.6 is 11.8 Å². The average molecular weight is 446 g/mol. The number of aromatic nitrogens is 2. The lowest BCUT2D eigenvalue weighted by Crippen LogP contribution is -2.19. The van der Waals surface area contributed by atoms with E-state index in [1.165, 1.54) is 11.8 Å². The minimum atomic E-state index is -0.511. The summed E-state index contributed by atoms with van der Waals surface area (Å²) in [6.07, 6.45) is 0. The van der Waals surface area contributed by atoms with Gasteiger partial charge in [0.05, 0.1) is 23.2 Å². The molecule has 1 unspecified atom stereocenters. The number of thioether (sulfide) groups is 1. The number of amides is 1. The van der Waals surface area contributed by atoms with Gasteiger partial charge in [0.15, 0.2) is 5.16 Å². The van der Waals surface area contributed by atoms with Crippen molar-refractivity contribution in [3.8, 4) is 0 Å². The summed E-state index contributed by atoms with van der Waals surface area (Å²) >= 11 is 1.36. The minimum Gasteiger partial charge on any atom is -0.462 e. The van der Waals surface area contributed by atoms with Crippen LogP contribution in [0.2, 0.25) is 0 Å². The number of fused-ring (bicyclic) bond motifs is 1. The fraction of sp³-hybridized carbons (Fsp3) is 0.160. The van der Waals surface area contributed by atoms with Gasteiger partial charge in [0.25, 0.3) is 0 Å². The molecule has 162 valence electrons. The molecule has 0 aliphatic carbocycles. The number of rotatable bonds is 7. The highest BCUT2D eigenvalue weighted by Crippen LogP contribution is 2.35. The Morgan fingerprint density at radius 1 is 1.06 bits per heavy atom. The molecule has 1 heterocycles. The number of H-pyrrole nitrogens is 1. The summed E-state index contributed by atoms with van der Waals surface area (Å²) < 4.78 is 5.00. The van der Waals surface area contributed by atoms with E-state index in [-0.39, 0.29) is 11.9 Å². The summed E-state index contributed by atoms with van der Waals surface area (Å²) in [6, 6.07) is 22.3. The van der Waals surface area contributed by atoms with Crippen molar-refractivity contribution in [1.82, 2.24) is 9.97 Å². The predicted molar refractivity (Wildman–Crippen MR) is 127 cm³/mol. The molecule has 7 heteroatoms. The Labute approximate surface area is 190 Å². The Hall–Kier alpha value is -3.58. The van der Waals surface area contributed by atoms with E-state index in [9.17, 15) is 9.59 Å². The third-order valence-electron chi connectivity index (χ3n) is 4.85. The maximum absolute atomic E-state index is 13.2. The molecule has 0 bridgehead atoms. The van der Waals surface area contributed by atoms with Gasteiger partial charge in [-0.15, -0.1) is 0 Å². The molecule has 1 amide bonds. The molecule has 0 aliphatic heterocycles. The van der Waals surface area contributed by atoms with Crippen molar-refractivity contribution < 1.29 is 14.3 Å². The molecule has 1 aromatic heterocycles. The molecule has 0 saturated carbocycles. The first-order valence-electron chi connectivity index (χ1n) is 10.3. The Kier molecular flexibility index (Phi) is 6.56. The number of ether oxygens (including phenoxy) is 1. The first-order valence-corrected chi connectivity index (χ1v) is 11.2. The number of aromatic amines is 1. The fourth-order valence-corrected chi connectivity index (χ4v) is 4.28. The zero-order valence-electron chi connectivity index (χ0n) is 17.8. The van der Waals surface area contributed by atoms with Crippen LogP contribution in [0.3, 0.4) is 0 Å². The molecule has 0 spiro atoms. The van der Waals surface area contributed by atoms with Gasteiger partial charge in [-0.25, -0.2) is 9.78 Å². The van der Waals surface area contributed by atoms with Gasteiger partial charge in [-0.3, -0.25) is 4.79 Å². The molecular formula is C25H23N3O3S. The normalized spacial score (nSPS) is 11.8. The maximum Gasteiger partial charge on any atom is 0.338 e. The van der Waals surface area contributed by atoms with Gasteiger partial charge in [0, 0.05) is 5.69 Å². The van der Waals surface area contributed by atoms with Crippen LogP contribution in [0, 0.1) is 6.92 Å². The standard InChI is InChI=1S/C25H23N3O3S/c1-3-31-24(30)18-10-12-19(13-11-18)26-23(29)22(17-7-5-4-6-8-17)32-25-27-20-14-9-16(2)15-21(20)28-25/h4-15,22H,3H2,1-2H3,(H,26,29)(H,27,28). The summed E-state index contributed by atoms with van der Waals surface area (Å²) in [5.41, 5.74) is 4.85. The molecule has 4 aromatic rings. The van der Waals surface area contributed by atoms with Gasteiger partial charge < -0.3 is 15.0 Å². The number of imidazole rings is 1. The van der Waals surface area contributed by atoms with Gasteiger partial charge >= 0.3 is 5.97 Å². The Bertz CT molecular complexity index is 1240. The number of esters is 1. The highest BCUT2D eigenvalue weighted by atomic mass is 32.2. The number of hydrogen-bond acceptors (Lipinski definition) is 5. The maximum atomic E-state index is 13.2. The van der Waals surface area contributed by atoms with Gasteiger partial charge in [-0.1, -0.05) is 48.2 Å². The first kappa shape index (κ1) is 21.6. The van der Waals surface area contributed by atoms with E-state index in [0.717, 1.165) is 22.2 Å². The SMILES string of the molecule is CCOC(=O)c1ccc(NC(=O)C(Sc2nc3ccc(C)cc3[nH]2)c2ccccc2)cc1. The highest BCUT2D eigenvalue weighted by Gasteiger charge is 2.24. The molecule has 2 N–H and O–H groups in total. The number of nitrogens with zero attached hydrogens (tertiary/aromatic N) is 1. The van der Waals surface area contributed by atoms with Crippen LogP contribution in [0.25, 0.3) is 11.0 Å².